The van der Waals surface area contributed by atoms with Gasteiger partial charge in [0.15, 0.2) is 5.82 Å². The van der Waals surface area contributed by atoms with Crippen LogP contribution in [-0.4, -0.2) is 14.8 Å². The Kier molecular flexibility index (Phi) is 3.97. The molecule has 0 unspecified atom stereocenters. The lowest BCUT2D eigenvalue weighted by atomic mass is 10.0. The van der Waals surface area contributed by atoms with E-state index in [0.29, 0.717) is 5.92 Å². The van der Waals surface area contributed by atoms with Gasteiger partial charge in [0.2, 0.25) is 0 Å². The molecule has 2 N–H and O–H groups in total. The summed E-state index contributed by atoms with van der Waals surface area (Å²) >= 11 is 0. The summed E-state index contributed by atoms with van der Waals surface area (Å²) in [4.78, 5) is 4.35. The van der Waals surface area contributed by atoms with E-state index in [0.717, 1.165) is 23.6 Å². The van der Waals surface area contributed by atoms with Gasteiger partial charge in [0.25, 0.3) is 0 Å². The van der Waals surface area contributed by atoms with Crippen LogP contribution in [0.25, 0.3) is 11.4 Å². The van der Waals surface area contributed by atoms with Gasteiger partial charge in [0.05, 0.1) is 0 Å². The average molecular weight is 244 g/mol. The van der Waals surface area contributed by atoms with Crippen molar-refractivity contribution in [3.8, 4) is 11.4 Å². The van der Waals surface area contributed by atoms with E-state index in [1.807, 2.05) is 28.9 Å². The van der Waals surface area contributed by atoms with Crippen molar-refractivity contribution in [3.05, 3.63) is 30.6 Å². The zero-order valence-corrected chi connectivity index (χ0v) is 11.0. The number of nitrogens with zero attached hydrogens (tertiary/aromatic N) is 3. The van der Waals surface area contributed by atoms with Gasteiger partial charge in [-0.15, -0.1) is 0 Å². The molecule has 1 heterocycles. The Bertz CT molecular complexity index is 500. The Morgan fingerprint density at radius 2 is 2.06 bits per heavy atom. The first-order valence-electron chi connectivity index (χ1n) is 6.48. The molecule has 4 heteroatoms. The summed E-state index contributed by atoms with van der Waals surface area (Å²) in [6.07, 6.45) is 4.14. The summed E-state index contributed by atoms with van der Waals surface area (Å²) in [5.74, 6) is 1.41. The molecule has 18 heavy (non-hydrogen) atoms. The molecule has 2 rings (SSSR count). The van der Waals surface area contributed by atoms with Crippen molar-refractivity contribution in [2.24, 2.45) is 5.92 Å². The highest BCUT2D eigenvalue weighted by Gasteiger charge is 2.08. The molecule has 96 valence electrons. The van der Waals surface area contributed by atoms with Crippen molar-refractivity contribution in [2.45, 2.75) is 33.2 Å². The standard InChI is InChI=1S/C14H20N4/c1-3-11(4-2)9-18-10-16-14(17-18)12-6-5-7-13(15)8-12/h5-8,10-11H,3-4,9,15H2,1-2H3. The molecule has 0 spiro atoms. The Balaban J connectivity index is 2.15. The van der Waals surface area contributed by atoms with Crippen molar-refractivity contribution in [1.29, 1.82) is 0 Å². The molecule has 0 saturated carbocycles. The van der Waals surface area contributed by atoms with Crippen LogP contribution in [0.15, 0.2) is 30.6 Å². The Labute approximate surface area is 108 Å². The van der Waals surface area contributed by atoms with E-state index in [4.69, 9.17) is 5.73 Å². The van der Waals surface area contributed by atoms with Crippen molar-refractivity contribution < 1.29 is 0 Å². The summed E-state index contributed by atoms with van der Waals surface area (Å²) < 4.78 is 1.93. The van der Waals surface area contributed by atoms with Crippen LogP contribution in [0.3, 0.4) is 0 Å². The minimum Gasteiger partial charge on any atom is -0.399 e. The van der Waals surface area contributed by atoms with Gasteiger partial charge in [-0.25, -0.2) is 4.98 Å². The summed E-state index contributed by atoms with van der Waals surface area (Å²) in [6, 6.07) is 7.67. The van der Waals surface area contributed by atoms with Crippen LogP contribution in [0.4, 0.5) is 5.69 Å². The molecule has 0 aliphatic rings. The van der Waals surface area contributed by atoms with E-state index in [1.54, 1.807) is 6.33 Å². The van der Waals surface area contributed by atoms with Crippen LogP contribution < -0.4 is 5.73 Å². The second kappa shape index (κ2) is 5.67. The zero-order chi connectivity index (χ0) is 13.0. The maximum absolute atomic E-state index is 5.76. The maximum atomic E-state index is 5.76. The maximum Gasteiger partial charge on any atom is 0.181 e. The molecule has 0 aliphatic heterocycles. The zero-order valence-electron chi connectivity index (χ0n) is 11.0. The molecule has 1 aromatic heterocycles. The molecule has 0 bridgehead atoms. The second-order valence-corrected chi connectivity index (χ2v) is 4.60. The van der Waals surface area contributed by atoms with Crippen molar-refractivity contribution >= 4 is 5.69 Å². The van der Waals surface area contributed by atoms with Crippen LogP contribution in [-0.2, 0) is 6.54 Å². The number of anilines is 1. The summed E-state index contributed by atoms with van der Waals surface area (Å²) in [6.45, 7) is 5.36. The first kappa shape index (κ1) is 12.6. The van der Waals surface area contributed by atoms with Crippen LogP contribution in [0.1, 0.15) is 26.7 Å². The van der Waals surface area contributed by atoms with Crippen LogP contribution >= 0.6 is 0 Å². The quantitative estimate of drug-likeness (QED) is 0.823. The minimum absolute atomic E-state index is 0.667. The fourth-order valence-electron chi connectivity index (χ4n) is 2.00. The number of rotatable bonds is 5. The molecule has 4 nitrogen and oxygen atoms in total. The van der Waals surface area contributed by atoms with E-state index >= 15 is 0 Å². The third-order valence-electron chi connectivity index (χ3n) is 3.28. The number of nitrogens with two attached hydrogens (primary N) is 1. The fraction of sp³-hybridized carbons (Fsp3) is 0.429. The number of aromatic nitrogens is 3. The molecule has 0 amide bonds. The van der Waals surface area contributed by atoms with E-state index in [1.165, 1.54) is 12.8 Å². The molecule has 0 atom stereocenters. The fourth-order valence-corrected chi connectivity index (χ4v) is 2.00. The van der Waals surface area contributed by atoms with Gasteiger partial charge >= 0.3 is 0 Å². The molecular weight excluding hydrogens is 224 g/mol. The predicted octanol–water partition coefficient (Wildman–Crippen LogP) is 2.96. The van der Waals surface area contributed by atoms with Gasteiger partial charge in [0, 0.05) is 17.8 Å². The van der Waals surface area contributed by atoms with Crippen molar-refractivity contribution in [2.75, 3.05) is 5.73 Å². The summed E-state index contributed by atoms with van der Waals surface area (Å²) in [5, 5.41) is 4.51. The summed E-state index contributed by atoms with van der Waals surface area (Å²) in [7, 11) is 0. The van der Waals surface area contributed by atoms with E-state index in [-0.39, 0.29) is 0 Å². The highest BCUT2D eigenvalue weighted by Crippen LogP contribution is 2.18. The van der Waals surface area contributed by atoms with E-state index in [9.17, 15) is 0 Å². The molecule has 2 aromatic rings. The van der Waals surface area contributed by atoms with Gasteiger partial charge in [-0.1, -0.05) is 38.8 Å². The third-order valence-corrected chi connectivity index (χ3v) is 3.28. The van der Waals surface area contributed by atoms with Gasteiger partial charge < -0.3 is 5.73 Å². The largest absolute Gasteiger partial charge is 0.399 e. The molecule has 0 fully saturated rings. The molecular formula is C14H20N4. The first-order chi connectivity index (χ1) is 8.72. The minimum atomic E-state index is 0.667. The SMILES string of the molecule is CCC(CC)Cn1cnc(-c2cccc(N)c2)n1. The molecule has 0 saturated heterocycles. The van der Waals surface area contributed by atoms with Gasteiger partial charge in [-0.3, -0.25) is 4.68 Å². The normalized spacial score (nSPS) is 11.1. The Morgan fingerprint density at radius 3 is 2.72 bits per heavy atom. The number of nitrogen functional groups attached to an aromatic ring is 1. The van der Waals surface area contributed by atoms with Crippen LogP contribution in [0.2, 0.25) is 0 Å². The third kappa shape index (κ3) is 2.88. The smallest absolute Gasteiger partial charge is 0.181 e. The molecule has 0 radical (unpaired) electrons. The lowest BCUT2D eigenvalue weighted by Gasteiger charge is -2.10. The lowest BCUT2D eigenvalue weighted by Crippen LogP contribution is -2.09. The highest BCUT2D eigenvalue weighted by atomic mass is 15.3. The van der Waals surface area contributed by atoms with Gasteiger partial charge in [-0.05, 0) is 18.1 Å². The van der Waals surface area contributed by atoms with Gasteiger partial charge in [0.1, 0.15) is 6.33 Å². The number of hydrogen-bond donors (Lipinski definition) is 1. The lowest BCUT2D eigenvalue weighted by molar-refractivity contribution is 0.396. The predicted molar refractivity (Wildman–Crippen MR) is 73.9 cm³/mol. The number of hydrogen-bond acceptors (Lipinski definition) is 3. The Morgan fingerprint density at radius 1 is 1.28 bits per heavy atom. The Hall–Kier alpha value is -1.84. The first-order valence-corrected chi connectivity index (χ1v) is 6.48. The van der Waals surface area contributed by atoms with E-state index < -0.39 is 0 Å². The topological polar surface area (TPSA) is 56.7 Å². The van der Waals surface area contributed by atoms with Gasteiger partial charge in [-0.2, -0.15) is 5.10 Å². The number of benzene rings is 1. The van der Waals surface area contributed by atoms with Crippen molar-refractivity contribution in [3.63, 3.8) is 0 Å². The highest BCUT2D eigenvalue weighted by molar-refractivity contribution is 5.60. The van der Waals surface area contributed by atoms with Crippen LogP contribution in [0, 0.1) is 5.92 Å². The van der Waals surface area contributed by atoms with E-state index in [2.05, 4.69) is 23.9 Å². The van der Waals surface area contributed by atoms with Crippen LogP contribution in [0.5, 0.6) is 0 Å². The average Bonchev–Trinajstić information content (AvgIpc) is 2.84. The molecule has 1 aromatic carbocycles. The monoisotopic (exact) mass is 244 g/mol. The summed E-state index contributed by atoms with van der Waals surface area (Å²) in [5.41, 5.74) is 7.47. The second-order valence-electron chi connectivity index (χ2n) is 4.60. The van der Waals surface area contributed by atoms with Crippen molar-refractivity contribution in [1.82, 2.24) is 14.8 Å². The molecule has 0 aliphatic carbocycles.